The van der Waals surface area contributed by atoms with Crippen molar-refractivity contribution in [2.45, 2.75) is 24.2 Å². The maximum absolute atomic E-state index is 15.6. The molecule has 2 N–H and O–H groups in total. The van der Waals surface area contributed by atoms with Crippen LogP contribution in [-0.4, -0.2) is 62.2 Å². The summed E-state index contributed by atoms with van der Waals surface area (Å²) in [6.45, 7) is 0. The second kappa shape index (κ2) is 16.5. The van der Waals surface area contributed by atoms with Crippen LogP contribution in [-0.2, 0) is 24.6 Å². The van der Waals surface area contributed by atoms with E-state index in [4.69, 9.17) is 30.5 Å². The zero-order valence-electron chi connectivity index (χ0n) is 35.2. The molecule has 14 heteroatoms. The normalized spacial score (nSPS) is 23.7. The zero-order chi connectivity index (χ0) is 45.0. The molecule has 0 spiro atoms. The molecular formula is C50H43ClFN3O9. The highest BCUT2D eigenvalue weighted by molar-refractivity contribution is 6.30. The van der Waals surface area contributed by atoms with Crippen LogP contribution >= 0.6 is 11.6 Å². The largest absolute Gasteiger partial charge is 0.508 e. The number of hydrogen-bond acceptors (Lipinski definition) is 10. The Labute approximate surface area is 373 Å². The predicted molar refractivity (Wildman–Crippen MR) is 238 cm³/mol. The van der Waals surface area contributed by atoms with E-state index in [0.717, 1.165) is 16.1 Å². The molecule has 3 fully saturated rings. The second-order valence-corrected chi connectivity index (χ2v) is 16.6. The van der Waals surface area contributed by atoms with Crippen LogP contribution in [0.3, 0.4) is 0 Å². The third kappa shape index (κ3) is 6.73. The maximum Gasteiger partial charge on any atom is 0.260 e. The number of allylic oxidation sites excluding steroid dienone is 2. The van der Waals surface area contributed by atoms with Gasteiger partial charge in [-0.25, -0.2) is 4.39 Å². The molecule has 2 saturated heterocycles. The molecule has 5 aromatic carbocycles. The summed E-state index contributed by atoms with van der Waals surface area (Å²) >= 11 is 6.44. The molecule has 9 rings (SSSR count). The number of nitrogens with one attached hydrogen (secondary N) is 1. The summed E-state index contributed by atoms with van der Waals surface area (Å²) in [5.41, 5.74) is 5.01. The van der Waals surface area contributed by atoms with Gasteiger partial charge in [0.25, 0.3) is 11.8 Å². The van der Waals surface area contributed by atoms with Crippen molar-refractivity contribution in [2.75, 3.05) is 38.8 Å². The van der Waals surface area contributed by atoms with Gasteiger partial charge in [0.2, 0.25) is 11.8 Å². The van der Waals surface area contributed by atoms with Gasteiger partial charge < -0.3 is 24.1 Å². The number of imide groups is 2. The average Bonchev–Trinajstić information content (AvgIpc) is 3.69. The van der Waals surface area contributed by atoms with Gasteiger partial charge in [-0.3, -0.25) is 29.5 Å². The fraction of sp³-hybridized carbons (Fsp3) is 0.240. The third-order valence-electron chi connectivity index (χ3n) is 13.1. The first-order valence-corrected chi connectivity index (χ1v) is 21.0. The van der Waals surface area contributed by atoms with E-state index in [1.54, 1.807) is 50.6 Å². The Morgan fingerprint density at radius 2 is 1.42 bits per heavy atom. The van der Waals surface area contributed by atoms with E-state index in [0.29, 0.717) is 38.9 Å². The minimum Gasteiger partial charge on any atom is -0.508 e. The third-order valence-corrected chi connectivity index (χ3v) is 13.4. The van der Waals surface area contributed by atoms with E-state index in [1.165, 1.54) is 55.5 Å². The number of ether oxygens (including phenoxy) is 4. The number of hydrazine groups is 1. The van der Waals surface area contributed by atoms with Crippen LogP contribution < -0.4 is 29.3 Å². The number of carbonyl (C=O) groups excluding carboxylic acids is 4. The number of hydrogen-bond donors (Lipinski definition) is 2. The number of nitrogens with zero attached hydrogens (tertiary/aromatic N) is 2. The molecule has 64 heavy (non-hydrogen) atoms. The second-order valence-electron chi connectivity index (χ2n) is 16.2. The number of rotatable bonds is 11. The Balaban J connectivity index is 1.15. The highest BCUT2D eigenvalue weighted by Gasteiger charge is 2.71. The molecular weight excluding hydrogens is 841 g/mol. The average molecular weight is 884 g/mol. The van der Waals surface area contributed by atoms with Gasteiger partial charge in [-0.15, -0.1) is 0 Å². The Bertz CT molecular complexity index is 2730. The van der Waals surface area contributed by atoms with Crippen molar-refractivity contribution in [3.05, 3.63) is 148 Å². The van der Waals surface area contributed by atoms with E-state index in [-0.39, 0.29) is 41.7 Å². The van der Waals surface area contributed by atoms with E-state index < -0.39 is 58.5 Å². The van der Waals surface area contributed by atoms with Crippen LogP contribution in [0.25, 0.3) is 12.2 Å². The van der Waals surface area contributed by atoms with Crippen molar-refractivity contribution in [3.63, 3.8) is 0 Å². The molecule has 2 aliphatic carbocycles. The quantitative estimate of drug-likeness (QED) is 0.0752. The highest BCUT2D eigenvalue weighted by atomic mass is 35.5. The molecule has 6 unspecified atom stereocenters. The van der Waals surface area contributed by atoms with Crippen molar-refractivity contribution in [1.82, 2.24) is 5.01 Å². The number of methoxy groups -OCH3 is 4. The van der Waals surface area contributed by atoms with Gasteiger partial charge in [0.05, 0.1) is 63.0 Å². The van der Waals surface area contributed by atoms with Crippen LogP contribution in [0.2, 0.25) is 5.02 Å². The number of fused-ring (bicyclic) bond motifs is 4. The number of anilines is 2. The number of amides is 4. The smallest absolute Gasteiger partial charge is 0.260 e. The van der Waals surface area contributed by atoms with Crippen molar-refractivity contribution in [2.24, 2.45) is 23.7 Å². The van der Waals surface area contributed by atoms with Gasteiger partial charge in [-0.1, -0.05) is 59.7 Å². The molecule has 326 valence electrons. The minimum absolute atomic E-state index is 0.0192. The lowest BCUT2D eigenvalue weighted by atomic mass is 9.49. The number of benzene rings is 5. The molecule has 0 bridgehead atoms. The molecule has 5 aromatic rings. The number of phenolic OH excluding ortho intramolecular Hbond substituents is 1. The molecule has 0 aromatic heterocycles. The minimum atomic E-state index is -1.70. The molecule has 4 amide bonds. The van der Waals surface area contributed by atoms with E-state index in [9.17, 15) is 19.1 Å². The van der Waals surface area contributed by atoms with Crippen molar-refractivity contribution in [1.29, 1.82) is 0 Å². The summed E-state index contributed by atoms with van der Waals surface area (Å²) in [5.74, 6) is -5.48. The lowest BCUT2D eigenvalue weighted by Crippen LogP contribution is -2.53. The summed E-state index contributed by atoms with van der Waals surface area (Å²) < 4.78 is 36.8. The molecule has 2 heterocycles. The highest BCUT2D eigenvalue weighted by Crippen LogP contribution is 2.66. The Hall–Kier alpha value is -7.12. The number of phenols is 1. The molecule has 4 aliphatic rings. The SMILES string of the molecule is COc1ccc(OC)c(C=Cc2ccc(N3C(=O)C4CC=C5C(CC6C(=O)N(Nc7ccc(F)cc7)C(=O)C6(c6ccc(Cl)cc6)C5c5c(OC)cc(O)cc5OC)C4C3=O)cc2)c1. The number of aromatic hydroxyl groups is 1. The van der Waals surface area contributed by atoms with E-state index in [2.05, 4.69) is 5.43 Å². The zero-order valence-corrected chi connectivity index (χ0v) is 36.0. The number of carbonyl (C=O) groups is 4. The van der Waals surface area contributed by atoms with Gasteiger partial charge in [0.1, 0.15) is 34.6 Å². The standard InChI is InChI=1S/C50H43ClFN3O9/c1-61-35-19-22-40(62-2)28(23-35)8-5-27-6-17-33(18-7-27)54-46(57)37-21-20-36-38(43(37)48(54)59)26-39-47(58)55(53-32-15-13-31(52)14-16-32)49(60)50(39,29-9-11-30(51)12-10-29)45(36)44-41(63-3)24-34(56)25-42(44)64-4/h5-20,22-25,37-39,43,45,53,56H,21,26H2,1-4H3. The fourth-order valence-electron chi connectivity index (χ4n) is 10.3. The van der Waals surface area contributed by atoms with Crippen LogP contribution in [0.5, 0.6) is 28.7 Å². The summed E-state index contributed by atoms with van der Waals surface area (Å²) in [5, 5.41) is 12.2. The van der Waals surface area contributed by atoms with Gasteiger partial charge >= 0.3 is 0 Å². The van der Waals surface area contributed by atoms with Crippen LogP contribution in [0.4, 0.5) is 15.8 Å². The Morgan fingerprint density at radius 3 is 2.06 bits per heavy atom. The van der Waals surface area contributed by atoms with E-state index >= 15 is 9.59 Å². The Kier molecular flexibility index (Phi) is 10.9. The van der Waals surface area contributed by atoms with Gasteiger partial charge in [0.15, 0.2) is 0 Å². The maximum atomic E-state index is 15.6. The Morgan fingerprint density at radius 1 is 0.750 bits per heavy atom. The summed E-state index contributed by atoms with van der Waals surface area (Å²) in [4.78, 5) is 61.3. The summed E-state index contributed by atoms with van der Waals surface area (Å²) in [6.07, 6.45) is 5.88. The van der Waals surface area contributed by atoms with Gasteiger partial charge in [-0.05, 0) is 96.6 Å². The van der Waals surface area contributed by atoms with Gasteiger partial charge in [-0.2, -0.15) is 5.01 Å². The fourth-order valence-corrected chi connectivity index (χ4v) is 10.4. The van der Waals surface area contributed by atoms with E-state index in [1.807, 2.05) is 48.6 Å². The summed E-state index contributed by atoms with van der Waals surface area (Å²) in [6, 6.07) is 27.3. The van der Waals surface area contributed by atoms with Crippen molar-refractivity contribution >= 4 is 58.8 Å². The summed E-state index contributed by atoms with van der Waals surface area (Å²) in [7, 11) is 6.03. The molecule has 0 radical (unpaired) electrons. The lowest BCUT2D eigenvalue weighted by molar-refractivity contribution is -0.138. The molecule has 6 atom stereocenters. The predicted octanol–water partition coefficient (Wildman–Crippen LogP) is 8.58. The topological polar surface area (TPSA) is 144 Å². The molecule has 12 nitrogen and oxygen atoms in total. The first-order chi connectivity index (χ1) is 30.9. The molecule has 2 aliphatic heterocycles. The van der Waals surface area contributed by atoms with Crippen LogP contribution in [0.1, 0.15) is 41.0 Å². The number of halogens is 2. The first-order valence-electron chi connectivity index (χ1n) is 20.6. The van der Waals surface area contributed by atoms with Crippen molar-refractivity contribution in [3.8, 4) is 28.7 Å². The molecule has 1 saturated carbocycles. The van der Waals surface area contributed by atoms with Crippen LogP contribution in [0.15, 0.2) is 115 Å². The van der Waals surface area contributed by atoms with Crippen LogP contribution in [0, 0.1) is 29.5 Å². The van der Waals surface area contributed by atoms with Gasteiger partial charge in [0, 0.05) is 34.2 Å². The lowest BCUT2D eigenvalue weighted by Gasteiger charge is -2.51. The van der Waals surface area contributed by atoms with Crippen molar-refractivity contribution < 1.29 is 47.6 Å². The first kappa shape index (κ1) is 42.2. The monoisotopic (exact) mass is 883 g/mol.